The first kappa shape index (κ1) is 26.6. The zero-order valence-corrected chi connectivity index (χ0v) is 24.2. The molecule has 2 aliphatic rings. The Kier molecular flexibility index (Phi) is 6.70. The van der Waals surface area contributed by atoms with E-state index in [4.69, 9.17) is 0 Å². The quantitative estimate of drug-likeness (QED) is 0.141. The fourth-order valence-electron chi connectivity index (χ4n) is 5.73. The Morgan fingerprint density at radius 2 is 1.95 bits per heavy atom. The van der Waals surface area contributed by atoms with Crippen molar-refractivity contribution in [1.29, 1.82) is 0 Å². The molecule has 3 aromatic heterocycles. The summed E-state index contributed by atoms with van der Waals surface area (Å²) in [5, 5.41) is 26.7. The van der Waals surface area contributed by atoms with E-state index in [1.807, 2.05) is 39.7 Å². The van der Waals surface area contributed by atoms with Crippen molar-refractivity contribution in [2.24, 2.45) is 13.0 Å². The van der Waals surface area contributed by atoms with Gasteiger partial charge in [-0.25, -0.2) is 0 Å². The van der Waals surface area contributed by atoms with E-state index in [0.29, 0.717) is 45.7 Å². The van der Waals surface area contributed by atoms with Gasteiger partial charge in [0.15, 0.2) is 0 Å². The van der Waals surface area contributed by atoms with E-state index < -0.39 is 36.7 Å². The summed E-state index contributed by atoms with van der Waals surface area (Å²) in [6, 6.07) is 9.04. The molecule has 4 heterocycles. The number of β-amino-alcohol motifs (C(OH)–C–C–N with tert-alkyl or cyclic N) is 1. The van der Waals surface area contributed by atoms with Gasteiger partial charge in [0.2, 0.25) is 0 Å². The van der Waals surface area contributed by atoms with Gasteiger partial charge in [-0.2, -0.15) is 0 Å². The molecule has 6 rings (SSSR count). The molecule has 1 aromatic carbocycles. The normalized spacial score (nSPS) is 20.4. The van der Waals surface area contributed by atoms with Gasteiger partial charge in [-0.3, -0.25) is 0 Å². The van der Waals surface area contributed by atoms with Crippen molar-refractivity contribution in [2.75, 3.05) is 23.0 Å². The van der Waals surface area contributed by atoms with E-state index in [1.54, 1.807) is 6.33 Å². The Bertz CT molecular complexity index is 1510. The molecule has 0 unspecified atom stereocenters. The fraction of sp³-hybridized carbons (Fsp3) is 0.481. The number of rotatable bonds is 6. The molecule has 0 radical (unpaired) electrons. The number of hydrogen-bond acceptors (Lipinski definition) is 6. The van der Waals surface area contributed by atoms with Gasteiger partial charge in [0.1, 0.15) is 0 Å². The number of pyridine rings is 1. The molecule has 2 fully saturated rings. The van der Waals surface area contributed by atoms with Gasteiger partial charge in [0, 0.05) is 0 Å². The van der Waals surface area contributed by atoms with Crippen LogP contribution in [0.1, 0.15) is 48.7 Å². The summed E-state index contributed by atoms with van der Waals surface area (Å²) < 4.78 is 46.9. The van der Waals surface area contributed by atoms with Crippen LogP contribution in [0.15, 0.2) is 36.7 Å². The zero-order chi connectivity index (χ0) is 27.5. The predicted molar refractivity (Wildman–Crippen MR) is 137 cm³/mol. The summed E-state index contributed by atoms with van der Waals surface area (Å²) in [6.07, 6.45) is 0.628. The Morgan fingerprint density at radius 3 is 2.56 bits per heavy atom. The Morgan fingerprint density at radius 1 is 1.15 bits per heavy atom. The third-order valence-electron chi connectivity index (χ3n) is 8.11. The number of alkyl halides is 5. The van der Waals surface area contributed by atoms with Crippen molar-refractivity contribution in [2.45, 2.75) is 43.9 Å². The minimum absolute atomic E-state index is 0.0505. The van der Waals surface area contributed by atoms with E-state index in [0.717, 1.165) is 35.9 Å². The molecule has 1 aliphatic carbocycles. The monoisotopic (exact) mass is 654 g/mol. The number of aryl methyl sites for hydroxylation is 1. The molecule has 1 aliphatic heterocycles. The molecule has 8 nitrogen and oxygen atoms in total. The summed E-state index contributed by atoms with van der Waals surface area (Å²) >= 11 is -3.19. The van der Waals surface area contributed by atoms with Gasteiger partial charge in [-0.05, 0) is 0 Å². The third kappa shape index (κ3) is 4.73. The molecule has 39 heavy (non-hydrogen) atoms. The van der Waals surface area contributed by atoms with E-state index in [9.17, 15) is 18.3 Å². The van der Waals surface area contributed by atoms with E-state index in [-0.39, 0.29) is 5.92 Å². The first-order valence-electron chi connectivity index (χ1n) is 13.0. The van der Waals surface area contributed by atoms with Crippen molar-refractivity contribution < 1.29 is 37.0 Å². The third-order valence-corrected chi connectivity index (χ3v) is 15.7. The maximum atomic E-state index is 14.1. The summed E-state index contributed by atoms with van der Waals surface area (Å²) in [4.78, 5) is 8.24. The summed E-state index contributed by atoms with van der Waals surface area (Å²) in [6.45, 7) is 1.11. The summed E-state index contributed by atoms with van der Waals surface area (Å²) in [5.74, 6) is 1.38. The van der Waals surface area contributed by atoms with Crippen molar-refractivity contribution >= 4 is 10.9 Å². The molecular weight excluding hydrogens is 622 g/mol. The van der Waals surface area contributed by atoms with Crippen LogP contribution < -0.4 is 18.7 Å². The van der Waals surface area contributed by atoms with Crippen LogP contribution in [0.5, 0.6) is 0 Å². The number of fused-ring (bicyclic) bond motifs is 1. The van der Waals surface area contributed by atoms with Crippen LogP contribution in [-0.4, -0.2) is 67.2 Å². The predicted octanol–water partition coefficient (Wildman–Crippen LogP) is 1.28. The van der Waals surface area contributed by atoms with Crippen LogP contribution in [0.4, 0.5) is 13.2 Å². The number of H-pyrrole nitrogens is 1. The number of nitrogens with one attached hydrogen (secondary N) is 1. The van der Waals surface area contributed by atoms with Crippen molar-refractivity contribution in [3.05, 3.63) is 57.4 Å². The number of aliphatic hydroxyl groups is 1. The molecule has 12 heteroatoms. The van der Waals surface area contributed by atoms with Crippen LogP contribution >= 0.6 is 0 Å². The van der Waals surface area contributed by atoms with E-state index >= 15 is 0 Å². The van der Waals surface area contributed by atoms with Gasteiger partial charge < -0.3 is 0 Å². The fourth-order valence-corrected chi connectivity index (χ4v) is 11.9. The number of hydrogen-bond donors (Lipinski definition) is 2. The van der Waals surface area contributed by atoms with Crippen LogP contribution in [0.2, 0.25) is 0 Å². The Balaban J connectivity index is 1.48. The van der Waals surface area contributed by atoms with Gasteiger partial charge in [0.25, 0.3) is 0 Å². The molecule has 2 atom stereocenters. The number of aromatic nitrogens is 6. The second-order valence-corrected chi connectivity index (χ2v) is 20.0. The number of aliphatic hydroxyl groups excluding tert-OH is 1. The van der Waals surface area contributed by atoms with Crippen molar-refractivity contribution in [3.8, 4) is 11.3 Å². The average molecular weight is 654 g/mol. The second kappa shape index (κ2) is 9.81. The Hall–Kier alpha value is -2.58. The molecule has 1 saturated carbocycles. The Labute approximate surface area is 228 Å². The van der Waals surface area contributed by atoms with Crippen molar-refractivity contribution in [1.82, 2.24) is 33.1 Å². The summed E-state index contributed by atoms with van der Waals surface area (Å²) in [7, 11) is 1.94. The molecular formula is C27H32F3IN7O-. The van der Waals surface area contributed by atoms with E-state index in [2.05, 4.69) is 34.6 Å². The topological polar surface area (TPSA) is 95.8 Å². The minimum atomic E-state index is -4.60. The number of nitrogens with zero attached hydrogens (tertiary/aromatic N) is 6. The first-order chi connectivity index (χ1) is 18.5. The van der Waals surface area contributed by atoms with Crippen molar-refractivity contribution in [3.63, 3.8) is 0 Å². The van der Waals surface area contributed by atoms with Crippen LogP contribution in [0, 0.1) is 9.62 Å². The molecule has 0 bridgehead atoms. The first-order valence-corrected chi connectivity index (χ1v) is 19.4. The number of halogens is 4. The van der Waals surface area contributed by atoms with Gasteiger partial charge in [-0.15, -0.1) is 0 Å². The maximum absolute atomic E-state index is 14.1. The van der Waals surface area contributed by atoms with E-state index in [1.165, 1.54) is 6.42 Å². The SMILES string of the molecule is Cn1cnnc1[C@@H](c1cccc(-c2n[nH]c3c([I-](C)(C)N4CC[C@@H](O)C4)nc(C(F)(F)F)cc23)c1)C1CCC1. The zero-order valence-electron chi connectivity index (χ0n) is 22.1. The molecule has 0 amide bonds. The van der Waals surface area contributed by atoms with Crippen LogP contribution in [-0.2, 0) is 13.2 Å². The van der Waals surface area contributed by atoms with Crippen LogP contribution in [0.3, 0.4) is 0 Å². The average Bonchev–Trinajstić information content (AvgIpc) is 3.60. The molecule has 0 spiro atoms. The van der Waals surface area contributed by atoms with Gasteiger partial charge >= 0.3 is 229 Å². The van der Waals surface area contributed by atoms with Crippen LogP contribution in [0.25, 0.3) is 22.2 Å². The van der Waals surface area contributed by atoms with Gasteiger partial charge in [-0.1, -0.05) is 0 Å². The number of benzene rings is 1. The standard InChI is InChI=1S/C27H32F3IN7O/c1-31(2,38-11-10-19(39)14-38)25-24-20(13-21(33-25)27(28,29)30)23(34-35-24)18-9-5-8-17(12-18)22(16-6-4-7-16)26-36-32-15-37(26)3/h5,8-9,12-13,15-16,19,22,39H,4,6-7,10-11,14H2,1-3H3,(H,34,35)/q-1/t19-,22-/m1/s1. The molecule has 2 N–H and O–H groups in total. The summed E-state index contributed by atoms with van der Waals surface area (Å²) in [5.41, 5.74) is 1.92. The molecule has 1 saturated heterocycles. The number of aromatic amines is 1. The molecule has 210 valence electrons. The second-order valence-electron chi connectivity index (χ2n) is 10.9. The van der Waals surface area contributed by atoms with Gasteiger partial charge in [0.05, 0.1) is 0 Å². The molecule has 4 aromatic rings.